The fourth-order valence-electron chi connectivity index (χ4n) is 1.78. The van der Waals surface area contributed by atoms with Gasteiger partial charge in [-0.15, -0.1) is 0 Å². The molecule has 0 heterocycles. The number of nitrogens with one attached hydrogen (secondary N) is 1. The highest BCUT2D eigenvalue weighted by atomic mass is 19.1. The van der Waals surface area contributed by atoms with Crippen molar-refractivity contribution in [2.75, 3.05) is 13.1 Å². The number of hydrogen-bond acceptors (Lipinski definition) is 2. The van der Waals surface area contributed by atoms with Crippen LogP contribution in [0.2, 0.25) is 0 Å². The molecule has 0 spiro atoms. The number of rotatable bonds is 5. The van der Waals surface area contributed by atoms with Gasteiger partial charge in [0.15, 0.2) is 0 Å². The summed E-state index contributed by atoms with van der Waals surface area (Å²) in [5.74, 6) is -0.145. The number of hydrogen-bond donors (Lipinski definition) is 2. The number of benzene rings is 1. The van der Waals surface area contributed by atoms with E-state index in [2.05, 4.69) is 19.2 Å². The molecule has 0 fully saturated rings. The summed E-state index contributed by atoms with van der Waals surface area (Å²) in [4.78, 5) is 0. The molecule has 1 rings (SSSR count). The van der Waals surface area contributed by atoms with Crippen LogP contribution < -0.4 is 11.1 Å². The molecule has 1 unspecified atom stereocenters. The van der Waals surface area contributed by atoms with Crippen molar-refractivity contribution in [3.8, 4) is 0 Å². The van der Waals surface area contributed by atoms with Crippen LogP contribution in [0.25, 0.3) is 0 Å². The molecule has 0 amide bonds. The van der Waals surface area contributed by atoms with E-state index in [1.807, 2.05) is 19.1 Å². The van der Waals surface area contributed by atoms with Gasteiger partial charge in [-0.05, 0) is 31.0 Å². The first kappa shape index (κ1) is 14.1. The monoisotopic (exact) mass is 238 g/mol. The van der Waals surface area contributed by atoms with Crippen LogP contribution in [-0.2, 0) is 5.41 Å². The lowest BCUT2D eigenvalue weighted by Gasteiger charge is -2.26. The van der Waals surface area contributed by atoms with Gasteiger partial charge < -0.3 is 11.1 Å². The third-order valence-corrected chi connectivity index (χ3v) is 2.97. The molecule has 0 aliphatic rings. The molecule has 0 bridgehead atoms. The molecule has 0 saturated heterocycles. The second-order valence-electron chi connectivity index (χ2n) is 5.46. The molecule has 0 radical (unpaired) electrons. The van der Waals surface area contributed by atoms with E-state index in [9.17, 15) is 4.39 Å². The predicted molar refractivity (Wildman–Crippen MR) is 70.7 cm³/mol. The quantitative estimate of drug-likeness (QED) is 0.826. The van der Waals surface area contributed by atoms with Crippen LogP contribution in [0.3, 0.4) is 0 Å². The van der Waals surface area contributed by atoms with Crippen molar-refractivity contribution in [2.45, 2.75) is 39.2 Å². The van der Waals surface area contributed by atoms with Crippen molar-refractivity contribution in [3.05, 3.63) is 35.1 Å². The van der Waals surface area contributed by atoms with Gasteiger partial charge in [0.05, 0.1) is 0 Å². The normalized spacial score (nSPS) is 13.8. The maximum absolute atomic E-state index is 13.2. The maximum atomic E-state index is 13.2. The topological polar surface area (TPSA) is 38.0 Å². The zero-order valence-corrected chi connectivity index (χ0v) is 11.2. The van der Waals surface area contributed by atoms with Crippen LogP contribution in [0.5, 0.6) is 0 Å². The van der Waals surface area contributed by atoms with E-state index in [-0.39, 0.29) is 17.3 Å². The van der Waals surface area contributed by atoms with E-state index < -0.39 is 0 Å². The highest BCUT2D eigenvalue weighted by molar-refractivity contribution is 5.29. The molecule has 2 nitrogen and oxygen atoms in total. The third-order valence-electron chi connectivity index (χ3n) is 2.97. The minimum Gasteiger partial charge on any atom is -0.327 e. The molecule has 1 atom stereocenters. The fourth-order valence-corrected chi connectivity index (χ4v) is 1.78. The van der Waals surface area contributed by atoms with E-state index in [4.69, 9.17) is 5.73 Å². The standard InChI is InChI=1S/C14H23FN2/c1-10-7-12(5-6-13(10)15)14(3,4)9-17-8-11(2)16/h5-7,11,17H,8-9,16H2,1-4H3. The molecule has 96 valence electrons. The zero-order chi connectivity index (χ0) is 13.1. The maximum Gasteiger partial charge on any atom is 0.126 e. The van der Waals surface area contributed by atoms with Gasteiger partial charge in [0, 0.05) is 24.5 Å². The van der Waals surface area contributed by atoms with E-state index in [1.165, 1.54) is 6.07 Å². The van der Waals surface area contributed by atoms with Crippen molar-refractivity contribution < 1.29 is 4.39 Å². The van der Waals surface area contributed by atoms with E-state index in [0.717, 1.165) is 18.7 Å². The Labute approximate surface area is 103 Å². The summed E-state index contributed by atoms with van der Waals surface area (Å²) in [7, 11) is 0. The predicted octanol–water partition coefficient (Wildman–Crippen LogP) is 2.35. The van der Waals surface area contributed by atoms with Gasteiger partial charge >= 0.3 is 0 Å². The lowest BCUT2D eigenvalue weighted by atomic mass is 9.84. The third kappa shape index (κ3) is 4.10. The van der Waals surface area contributed by atoms with Crippen molar-refractivity contribution in [3.63, 3.8) is 0 Å². The number of nitrogens with two attached hydrogens (primary N) is 1. The molecule has 0 aromatic heterocycles. The Hall–Kier alpha value is -0.930. The smallest absolute Gasteiger partial charge is 0.126 e. The number of halogens is 1. The van der Waals surface area contributed by atoms with Crippen LogP contribution in [0.15, 0.2) is 18.2 Å². The summed E-state index contributed by atoms with van der Waals surface area (Å²) < 4.78 is 13.2. The Bertz CT molecular complexity index is 372. The minimum atomic E-state index is -0.145. The number of aryl methyl sites for hydroxylation is 1. The van der Waals surface area contributed by atoms with Crippen molar-refractivity contribution in [1.82, 2.24) is 5.32 Å². The van der Waals surface area contributed by atoms with Gasteiger partial charge in [0.2, 0.25) is 0 Å². The van der Waals surface area contributed by atoms with Crippen LogP contribution in [0.1, 0.15) is 31.9 Å². The summed E-state index contributed by atoms with van der Waals surface area (Å²) >= 11 is 0. The lowest BCUT2D eigenvalue weighted by Crippen LogP contribution is -2.38. The largest absolute Gasteiger partial charge is 0.327 e. The van der Waals surface area contributed by atoms with Crippen LogP contribution >= 0.6 is 0 Å². The van der Waals surface area contributed by atoms with E-state index in [1.54, 1.807) is 6.92 Å². The van der Waals surface area contributed by atoms with Crippen molar-refractivity contribution in [2.24, 2.45) is 5.73 Å². The zero-order valence-electron chi connectivity index (χ0n) is 11.2. The summed E-state index contributed by atoms with van der Waals surface area (Å²) in [5, 5.41) is 3.34. The first-order valence-corrected chi connectivity index (χ1v) is 6.06. The molecule has 3 heteroatoms. The Morgan fingerprint density at radius 1 is 1.41 bits per heavy atom. The van der Waals surface area contributed by atoms with Crippen LogP contribution in [0, 0.1) is 12.7 Å². The Morgan fingerprint density at radius 2 is 2.06 bits per heavy atom. The molecule has 17 heavy (non-hydrogen) atoms. The summed E-state index contributed by atoms with van der Waals surface area (Å²) in [6, 6.07) is 5.47. The van der Waals surface area contributed by atoms with Crippen LogP contribution in [0.4, 0.5) is 4.39 Å². The Morgan fingerprint density at radius 3 is 2.59 bits per heavy atom. The second kappa shape index (κ2) is 5.61. The molecule has 0 aliphatic carbocycles. The molecular weight excluding hydrogens is 215 g/mol. The fraction of sp³-hybridized carbons (Fsp3) is 0.571. The Balaban J connectivity index is 2.71. The van der Waals surface area contributed by atoms with Crippen molar-refractivity contribution in [1.29, 1.82) is 0 Å². The van der Waals surface area contributed by atoms with E-state index >= 15 is 0 Å². The molecule has 1 aromatic carbocycles. The van der Waals surface area contributed by atoms with Gasteiger partial charge in [0.1, 0.15) is 5.82 Å². The SMILES string of the molecule is Cc1cc(C(C)(C)CNCC(C)N)ccc1F. The average molecular weight is 238 g/mol. The lowest BCUT2D eigenvalue weighted by molar-refractivity contribution is 0.457. The van der Waals surface area contributed by atoms with Gasteiger partial charge in [-0.1, -0.05) is 26.0 Å². The molecule has 0 saturated carbocycles. The van der Waals surface area contributed by atoms with Gasteiger partial charge in [-0.3, -0.25) is 0 Å². The highest BCUT2D eigenvalue weighted by Crippen LogP contribution is 2.24. The highest BCUT2D eigenvalue weighted by Gasteiger charge is 2.20. The van der Waals surface area contributed by atoms with E-state index in [0.29, 0.717) is 5.56 Å². The van der Waals surface area contributed by atoms with Gasteiger partial charge in [-0.25, -0.2) is 4.39 Å². The molecule has 0 aliphatic heterocycles. The first-order chi connectivity index (χ1) is 7.83. The molecule has 3 N–H and O–H groups in total. The van der Waals surface area contributed by atoms with Gasteiger partial charge in [0.25, 0.3) is 0 Å². The van der Waals surface area contributed by atoms with Gasteiger partial charge in [-0.2, -0.15) is 0 Å². The minimum absolute atomic E-state index is 0.0205. The summed E-state index contributed by atoms with van der Waals surface area (Å²) in [5.41, 5.74) is 7.52. The van der Waals surface area contributed by atoms with Crippen LogP contribution in [-0.4, -0.2) is 19.1 Å². The summed E-state index contributed by atoms with van der Waals surface area (Å²) in [6.07, 6.45) is 0. The summed E-state index contributed by atoms with van der Waals surface area (Å²) in [6.45, 7) is 9.69. The molecular formula is C14H23FN2. The molecule has 1 aromatic rings. The van der Waals surface area contributed by atoms with Crippen molar-refractivity contribution >= 4 is 0 Å². The average Bonchev–Trinajstić information content (AvgIpc) is 2.21. The second-order valence-corrected chi connectivity index (χ2v) is 5.46. The Kier molecular flexibility index (Phi) is 4.66. The first-order valence-electron chi connectivity index (χ1n) is 6.06.